The van der Waals surface area contributed by atoms with Crippen LogP contribution in [0.4, 0.5) is 8.78 Å². The fourth-order valence-electron chi connectivity index (χ4n) is 1.52. The standard InChI is InChI=1S/C13H24F2O2S/c1-5-13(14,15)8-6-7-9-18-11(10(2)3)12(16)17-4/h10-11H,5-9H2,1-4H3. The zero-order valence-corrected chi connectivity index (χ0v) is 12.5. The van der Waals surface area contributed by atoms with Crippen LogP contribution in [0.3, 0.4) is 0 Å². The number of halogens is 2. The van der Waals surface area contributed by atoms with Crippen LogP contribution in [0.1, 0.15) is 46.5 Å². The predicted octanol–water partition coefficient (Wildman–Crippen LogP) is 4.13. The average molecular weight is 282 g/mol. The zero-order valence-electron chi connectivity index (χ0n) is 11.7. The Bertz CT molecular complexity index is 245. The molecule has 0 N–H and O–H groups in total. The van der Waals surface area contributed by atoms with E-state index in [9.17, 15) is 13.6 Å². The maximum Gasteiger partial charge on any atom is 0.319 e. The molecule has 1 atom stereocenters. The van der Waals surface area contributed by atoms with Gasteiger partial charge in [-0.25, -0.2) is 8.78 Å². The van der Waals surface area contributed by atoms with Crippen molar-refractivity contribution >= 4 is 17.7 Å². The van der Waals surface area contributed by atoms with Gasteiger partial charge in [0.25, 0.3) is 0 Å². The maximum absolute atomic E-state index is 13.0. The van der Waals surface area contributed by atoms with Gasteiger partial charge in [0.05, 0.1) is 7.11 Å². The van der Waals surface area contributed by atoms with E-state index in [2.05, 4.69) is 0 Å². The van der Waals surface area contributed by atoms with E-state index in [1.165, 1.54) is 25.8 Å². The Hall–Kier alpha value is -0.320. The van der Waals surface area contributed by atoms with Crippen molar-refractivity contribution in [2.24, 2.45) is 5.92 Å². The fraction of sp³-hybridized carbons (Fsp3) is 0.923. The number of alkyl halides is 2. The SMILES string of the molecule is CCC(F)(F)CCCCSC(C(=O)OC)C(C)C. The molecule has 18 heavy (non-hydrogen) atoms. The lowest BCUT2D eigenvalue weighted by atomic mass is 10.1. The topological polar surface area (TPSA) is 26.3 Å². The van der Waals surface area contributed by atoms with Crippen molar-refractivity contribution in [1.29, 1.82) is 0 Å². The second-order valence-corrected chi connectivity index (χ2v) is 5.97. The lowest BCUT2D eigenvalue weighted by Gasteiger charge is -2.18. The molecule has 0 radical (unpaired) electrons. The first kappa shape index (κ1) is 17.7. The predicted molar refractivity (Wildman–Crippen MR) is 72.2 cm³/mol. The Kier molecular flexibility index (Phi) is 8.57. The second-order valence-electron chi connectivity index (χ2n) is 4.73. The van der Waals surface area contributed by atoms with Gasteiger partial charge in [0.15, 0.2) is 0 Å². The Labute approximate surface area is 113 Å². The minimum Gasteiger partial charge on any atom is -0.468 e. The van der Waals surface area contributed by atoms with Gasteiger partial charge in [-0.1, -0.05) is 20.8 Å². The Balaban J connectivity index is 3.85. The number of hydrogen-bond donors (Lipinski definition) is 0. The molecule has 0 saturated heterocycles. The summed E-state index contributed by atoms with van der Waals surface area (Å²) in [6.07, 6.45) is 1.05. The monoisotopic (exact) mass is 282 g/mol. The Morgan fingerprint density at radius 2 is 1.94 bits per heavy atom. The minimum atomic E-state index is -2.54. The third-order valence-electron chi connectivity index (χ3n) is 2.79. The van der Waals surface area contributed by atoms with Crippen LogP contribution in [0.25, 0.3) is 0 Å². The van der Waals surface area contributed by atoms with E-state index in [0.29, 0.717) is 12.8 Å². The number of esters is 1. The molecule has 0 aromatic carbocycles. The van der Waals surface area contributed by atoms with E-state index in [0.717, 1.165) is 5.75 Å². The number of rotatable bonds is 9. The van der Waals surface area contributed by atoms with E-state index < -0.39 is 5.92 Å². The summed E-state index contributed by atoms with van der Waals surface area (Å²) in [7, 11) is 1.38. The molecule has 2 nitrogen and oxygen atoms in total. The number of hydrogen-bond acceptors (Lipinski definition) is 3. The lowest BCUT2D eigenvalue weighted by molar-refractivity contribution is -0.140. The molecule has 0 heterocycles. The van der Waals surface area contributed by atoms with Gasteiger partial charge in [-0.2, -0.15) is 0 Å². The molecule has 0 aliphatic rings. The van der Waals surface area contributed by atoms with E-state index >= 15 is 0 Å². The van der Waals surface area contributed by atoms with Crippen LogP contribution in [0.2, 0.25) is 0 Å². The van der Waals surface area contributed by atoms with Crippen LogP contribution in [0.5, 0.6) is 0 Å². The van der Waals surface area contributed by atoms with E-state index in [4.69, 9.17) is 4.74 Å². The summed E-state index contributed by atoms with van der Waals surface area (Å²) in [6, 6.07) is 0. The van der Waals surface area contributed by atoms with Crippen molar-refractivity contribution in [3.63, 3.8) is 0 Å². The maximum atomic E-state index is 13.0. The summed E-state index contributed by atoms with van der Waals surface area (Å²) >= 11 is 1.50. The first-order valence-electron chi connectivity index (χ1n) is 6.41. The summed E-state index contributed by atoms with van der Waals surface area (Å²) in [5.41, 5.74) is 0. The molecular formula is C13H24F2O2S. The lowest BCUT2D eigenvalue weighted by Crippen LogP contribution is -2.25. The average Bonchev–Trinajstić information content (AvgIpc) is 2.32. The van der Waals surface area contributed by atoms with Gasteiger partial charge < -0.3 is 4.74 Å². The molecule has 0 saturated carbocycles. The first-order valence-corrected chi connectivity index (χ1v) is 7.46. The van der Waals surface area contributed by atoms with Crippen molar-refractivity contribution in [2.75, 3.05) is 12.9 Å². The smallest absolute Gasteiger partial charge is 0.319 e. The summed E-state index contributed by atoms with van der Waals surface area (Å²) in [5, 5.41) is -0.193. The number of thioether (sulfide) groups is 1. The van der Waals surface area contributed by atoms with E-state index in [-0.39, 0.29) is 30.0 Å². The van der Waals surface area contributed by atoms with Crippen molar-refractivity contribution in [3.8, 4) is 0 Å². The molecular weight excluding hydrogens is 258 g/mol. The minimum absolute atomic E-state index is 0.0609. The van der Waals surface area contributed by atoms with Gasteiger partial charge >= 0.3 is 5.97 Å². The summed E-state index contributed by atoms with van der Waals surface area (Å²) in [5.74, 6) is -1.85. The third kappa shape index (κ3) is 7.19. The molecule has 108 valence electrons. The number of carbonyl (C=O) groups is 1. The Morgan fingerprint density at radius 1 is 1.33 bits per heavy atom. The molecule has 0 fully saturated rings. The number of unbranched alkanes of at least 4 members (excludes halogenated alkanes) is 1. The van der Waals surface area contributed by atoms with Crippen molar-refractivity contribution in [1.82, 2.24) is 0 Å². The highest BCUT2D eigenvalue weighted by molar-refractivity contribution is 8.00. The highest BCUT2D eigenvalue weighted by Crippen LogP contribution is 2.26. The zero-order chi connectivity index (χ0) is 14.2. The van der Waals surface area contributed by atoms with Crippen LogP contribution in [0.15, 0.2) is 0 Å². The quantitative estimate of drug-likeness (QED) is 0.470. The van der Waals surface area contributed by atoms with Crippen molar-refractivity contribution in [2.45, 2.75) is 57.6 Å². The van der Waals surface area contributed by atoms with Crippen molar-refractivity contribution < 1.29 is 18.3 Å². The molecule has 1 unspecified atom stereocenters. The Morgan fingerprint density at radius 3 is 2.39 bits per heavy atom. The summed E-state index contributed by atoms with van der Waals surface area (Å²) < 4.78 is 30.7. The molecule has 0 spiro atoms. The van der Waals surface area contributed by atoms with Gasteiger partial charge in [-0.3, -0.25) is 4.79 Å². The van der Waals surface area contributed by atoms with Crippen LogP contribution in [-0.2, 0) is 9.53 Å². The van der Waals surface area contributed by atoms with Crippen LogP contribution >= 0.6 is 11.8 Å². The molecule has 0 rings (SSSR count). The van der Waals surface area contributed by atoms with Gasteiger partial charge in [0, 0.05) is 12.8 Å². The highest BCUT2D eigenvalue weighted by atomic mass is 32.2. The van der Waals surface area contributed by atoms with Crippen LogP contribution in [-0.4, -0.2) is 30.0 Å². The summed E-state index contributed by atoms with van der Waals surface area (Å²) in [6.45, 7) is 5.42. The number of ether oxygens (including phenoxy) is 1. The highest BCUT2D eigenvalue weighted by Gasteiger charge is 2.26. The van der Waals surface area contributed by atoms with Gasteiger partial charge in [0.2, 0.25) is 5.92 Å². The van der Waals surface area contributed by atoms with Crippen molar-refractivity contribution in [3.05, 3.63) is 0 Å². The fourth-order valence-corrected chi connectivity index (χ4v) is 2.76. The number of methoxy groups -OCH3 is 1. The molecule has 0 aromatic rings. The molecule has 0 bridgehead atoms. The largest absolute Gasteiger partial charge is 0.468 e. The molecule has 0 aliphatic carbocycles. The summed E-state index contributed by atoms with van der Waals surface area (Å²) in [4.78, 5) is 11.5. The van der Waals surface area contributed by atoms with E-state index in [1.54, 1.807) is 0 Å². The first-order chi connectivity index (χ1) is 8.34. The van der Waals surface area contributed by atoms with Gasteiger partial charge in [-0.05, 0) is 24.5 Å². The molecule has 0 amide bonds. The molecule has 5 heteroatoms. The normalized spacial score (nSPS) is 13.7. The number of carbonyl (C=O) groups excluding carboxylic acids is 1. The molecule has 0 aromatic heterocycles. The van der Waals surface area contributed by atoms with Crippen LogP contribution in [0, 0.1) is 5.92 Å². The third-order valence-corrected chi connectivity index (χ3v) is 4.41. The van der Waals surface area contributed by atoms with Gasteiger partial charge in [0.1, 0.15) is 5.25 Å². The second kappa shape index (κ2) is 8.73. The van der Waals surface area contributed by atoms with Gasteiger partial charge in [-0.15, -0.1) is 11.8 Å². The van der Waals surface area contributed by atoms with Crippen LogP contribution < -0.4 is 0 Å². The van der Waals surface area contributed by atoms with E-state index in [1.807, 2.05) is 13.8 Å². The molecule has 0 aliphatic heterocycles.